The topological polar surface area (TPSA) is 84.5 Å². The molecule has 0 heterocycles. The lowest BCUT2D eigenvalue weighted by molar-refractivity contribution is -0.154. The van der Waals surface area contributed by atoms with Gasteiger partial charge in [-0.25, -0.2) is 4.79 Å². The number of carbonyl (C=O) groups excluding carboxylic acids is 3. The van der Waals surface area contributed by atoms with Gasteiger partial charge in [0.15, 0.2) is 6.10 Å². The molecule has 6 nitrogen and oxygen atoms in total. The Morgan fingerprint density at radius 3 is 2.18 bits per heavy atom. The molecule has 0 aliphatic heterocycles. The van der Waals surface area contributed by atoms with Gasteiger partial charge in [-0.3, -0.25) is 9.59 Å². The number of halogens is 1. The third kappa shape index (κ3) is 6.09. The first-order chi connectivity index (χ1) is 13.3. The van der Waals surface area contributed by atoms with Gasteiger partial charge in [-0.1, -0.05) is 30.7 Å². The SMILES string of the molecule is CCc1ccc(NC(=O)[C@H](C)OC(=O)[C@H](C)NC(=O)c2ccc(Cl)cc2)cc1. The van der Waals surface area contributed by atoms with Crippen molar-refractivity contribution in [3.63, 3.8) is 0 Å². The van der Waals surface area contributed by atoms with E-state index in [2.05, 4.69) is 10.6 Å². The van der Waals surface area contributed by atoms with Crippen LogP contribution in [0.5, 0.6) is 0 Å². The summed E-state index contributed by atoms with van der Waals surface area (Å²) in [5.74, 6) is -1.59. The highest BCUT2D eigenvalue weighted by atomic mass is 35.5. The number of nitrogens with one attached hydrogen (secondary N) is 2. The molecule has 2 amide bonds. The Kier molecular flexibility index (Phi) is 7.58. The molecule has 0 saturated heterocycles. The molecule has 2 atom stereocenters. The summed E-state index contributed by atoms with van der Waals surface area (Å²) in [5, 5.41) is 5.73. The van der Waals surface area contributed by atoms with Crippen LogP contribution in [0, 0.1) is 0 Å². The van der Waals surface area contributed by atoms with E-state index in [-0.39, 0.29) is 0 Å². The molecule has 2 aromatic carbocycles. The van der Waals surface area contributed by atoms with Crippen LogP contribution < -0.4 is 10.6 Å². The van der Waals surface area contributed by atoms with Gasteiger partial charge in [0.05, 0.1) is 0 Å². The molecule has 148 valence electrons. The number of anilines is 1. The van der Waals surface area contributed by atoms with E-state index in [9.17, 15) is 14.4 Å². The molecule has 0 aliphatic carbocycles. The fourth-order valence-electron chi connectivity index (χ4n) is 2.34. The van der Waals surface area contributed by atoms with Gasteiger partial charge in [0.2, 0.25) is 0 Å². The van der Waals surface area contributed by atoms with E-state index in [1.54, 1.807) is 36.4 Å². The van der Waals surface area contributed by atoms with Crippen LogP contribution in [-0.2, 0) is 20.7 Å². The van der Waals surface area contributed by atoms with E-state index in [0.717, 1.165) is 12.0 Å². The van der Waals surface area contributed by atoms with Gasteiger partial charge in [-0.2, -0.15) is 0 Å². The highest BCUT2D eigenvalue weighted by Crippen LogP contribution is 2.12. The molecular weight excluding hydrogens is 380 g/mol. The fourth-order valence-corrected chi connectivity index (χ4v) is 2.46. The smallest absolute Gasteiger partial charge is 0.329 e. The highest BCUT2D eigenvalue weighted by molar-refractivity contribution is 6.30. The predicted molar refractivity (Wildman–Crippen MR) is 108 cm³/mol. The predicted octanol–water partition coefficient (Wildman–Crippen LogP) is 3.59. The molecule has 0 bridgehead atoms. The average molecular weight is 403 g/mol. The lowest BCUT2D eigenvalue weighted by atomic mass is 10.1. The molecular formula is C21H23ClN2O4. The maximum absolute atomic E-state index is 12.2. The largest absolute Gasteiger partial charge is 0.451 e. The molecule has 0 aromatic heterocycles. The minimum Gasteiger partial charge on any atom is -0.451 e. The normalized spacial score (nSPS) is 12.6. The second-order valence-corrected chi connectivity index (χ2v) is 6.76. The molecule has 0 saturated carbocycles. The molecule has 2 rings (SSSR count). The Labute approximate surface area is 169 Å². The maximum atomic E-state index is 12.2. The van der Waals surface area contributed by atoms with E-state index in [0.29, 0.717) is 16.3 Å². The van der Waals surface area contributed by atoms with Crippen LogP contribution in [0.25, 0.3) is 0 Å². The Hall–Kier alpha value is -2.86. The van der Waals surface area contributed by atoms with Gasteiger partial charge < -0.3 is 15.4 Å². The van der Waals surface area contributed by atoms with E-state index in [1.807, 2.05) is 19.1 Å². The van der Waals surface area contributed by atoms with Crippen LogP contribution >= 0.6 is 11.6 Å². The summed E-state index contributed by atoms with van der Waals surface area (Å²) in [6.45, 7) is 5.01. The van der Waals surface area contributed by atoms with E-state index in [4.69, 9.17) is 16.3 Å². The highest BCUT2D eigenvalue weighted by Gasteiger charge is 2.23. The summed E-state index contributed by atoms with van der Waals surface area (Å²) in [6, 6.07) is 12.8. The minimum atomic E-state index is -1.01. The third-order valence-electron chi connectivity index (χ3n) is 4.10. The number of benzene rings is 2. The van der Waals surface area contributed by atoms with Crippen molar-refractivity contribution in [1.29, 1.82) is 0 Å². The maximum Gasteiger partial charge on any atom is 0.329 e. The number of amides is 2. The Balaban J connectivity index is 1.86. The summed E-state index contributed by atoms with van der Waals surface area (Å²) in [6.07, 6.45) is -0.102. The number of hydrogen-bond acceptors (Lipinski definition) is 4. The van der Waals surface area contributed by atoms with Crippen molar-refractivity contribution >= 4 is 35.1 Å². The Bertz CT molecular complexity index is 834. The van der Waals surface area contributed by atoms with Crippen molar-refractivity contribution in [2.45, 2.75) is 39.3 Å². The molecule has 2 aromatic rings. The van der Waals surface area contributed by atoms with Crippen LogP contribution in [0.3, 0.4) is 0 Å². The average Bonchev–Trinajstić information content (AvgIpc) is 2.68. The van der Waals surface area contributed by atoms with Gasteiger partial charge in [0, 0.05) is 16.3 Å². The summed E-state index contributed by atoms with van der Waals surface area (Å²) >= 11 is 5.79. The number of ether oxygens (including phenoxy) is 1. The van der Waals surface area contributed by atoms with Crippen molar-refractivity contribution in [1.82, 2.24) is 5.32 Å². The van der Waals surface area contributed by atoms with Gasteiger partial charge in [-0.05, 0) is 62.2 Å². The number of esters is 1. The zero-order chi connectivity index (χ0) is 20.7. The monoisotopic (exact) mass is 402 g/mol. The van der Waals surface area contributed by atoms with Crippen molar-refractivity contribution in [2.24, 2.45) is 0 Å². The zero-order valence-electron chi connectivity index (χ0n) is 16.0. The van der Waals surface area contributed by atoms with Crippen LogP contribution in [-0.4, -0.2) is 29.9 Å². The van der Waals surface area contributed by atoms with Crippen LogP contribution in [0.4, 0.5) is 5.69 Å². The molecule has 0 fully saturated rings. The first-order valence-electron chi connectivity index (χ1n) is 8.97. The molecule has 0 aliphatic rings. The summed E-state index contributed by atoms with van der Waals surface area (Å²) < 4.78 is 5.16. The van der Waals surface area contributed by atoms with Crippen LogP contribution in [0.2, 0.25) is 5.02 Å². The first-order valence-corrected chi connectivity index (χ1v) is 9.34. The molecule has 2 N–H and O–H groups in total. The summed E-state index contributed by atoms with van der Waals surface area (Å²) in [5.41, 5.74) is 2.14. The second-order valence-electron chi connectivity index (χ2n) is 6.32. The van der Waals surface area contributed by atoms with E-state index in [1.165, 1.54) is 13.8 Å². The first kappa shape index (κ1) is 21.4. The number of rotatable bonds is 7. The molecule has 0 spiro atoms. The molecule has 0 radical (unpaired) electrons. The number of hydrogen-bond donors (Lipinski definition) is 2. The lowest BCUT2D eigenvalue weighted by Crippen LogP contribution is -2.42. The second kappa shape index (κ2) is 9.90. The van der Waals surface area contributed by atoms with Gasteiger partial charge >= 0.3 is 5.97 Å². The van der Waals surface area contributed by atoms with Crippen molar-refractivity contribution in [3.8, 4) is 0 Å². The Morgan fingerprint density at radius 2 is 1.61 bits per heavy atom. The molecule has 28 heavy (non-hydrogen) atoms. The summed E-state index contributed by atoms with van der Waals surface area (Å²) in [4.78, 5) is 36.5. The van der Waals surface area contributed by atoms with Crippen molar-refractivity contribution in [3.05, 3.63) is 64.7 Å². The van der Waals surface area contributed by atoms with Gasteiger partial charge in [-0.15, -0.1) is 0 Å². The van der Waals surface area contributed by atoms with E-state index < -0.39 is 29.9 Å². The van der Waals surface area contributed by atoms with Crippen LogP contribution in [0.1, 0.15) is 36.7 Å². The van der Waals surface area contributed by atoms with Crippen molar-refractivity contribution < 1.29 is 19.1 Å². The number of aryl methyl sites for hydroxylation is 1. The lowest BCUT2D eigenvalue weighted by Gasteiger charge is -2.17. The minimum absolute atomic E-state index is 0.366. The fraction of sp³-hybridized carbons (Fsp3) is 0.286. The zero-order valence-corrected chi connectivity index (χ0v) is 16.7. The molecule has 0 unspecified atom stereocenters. The molecule has 7 heteroatoms. The van der Waals surface area contributed by atoms with Crippen LogP contribution in [0.15, 0.2) is 48.5 Å². The van der Waals surface area contributed by atoms with Crippen molar-refractivity contribution in [2.75, 3.05) is 5.32 Å². The number of carbonyl (C=O) groups is 3. The van der Waals surface area contributed by atoms with Gasteiger partial charge in [0.25, 0.3) is 11.8 Å². The summed E-state index contributed by atoms with van der Waals surface area (Å²) in [7, 11) is 0. The standard InChI is InChI=1S/C21H23ClN2O4/c1-4-15-5-11-18(12-6-15)24-19(25)14(3)28-21(27)13(2)23-20(26)16-7-9-17(22)10-8-16/h5-14H,4H2,1-3H3,(H,23,26)(H,24,25)/t13-,14-/m0/s1. The third-order valence-corrected chi connectivity index (χ3v) is 4.35. The van der Waals surface area contributed by atoms with Gasteiger partial charge in [0.1, 0.15) is 6.04 Å². The quantitative estimate of drug-likeness (QED) is 0.693. The van der Waals surface area contributed by atoms with E-state index >= 15 is 0 Å². The Morgan fingerprint density at radius 1 is 1.00 bits per heavy atom.